The van der Waals surface area contributed by atoms with Gasteiger partial charge in [0.15, 0.2) is 12.4 Å². The van der Waals surface area contributed by atoms with Crippen molar-refractivity contribution >= 4 is 17.7 Å². The van der Waals surface area contributed by atoms with Crippen molar-refractivity contribution in [1.29, 1.82) is 0 Å². The van der Waals surface area contributed by atoms with Gasteiger partial charge in [-0.3, -0.25) is 14.4 Å². The van der Waals surface area contributed by atoms with E-state index in [1.807, 2.05) is 0 Å². The van der Waals surface area contributed by atoms with Crippen molar-refractivity contribution in [3.8, 4) is 0 Å². The van der Waals surface area contributed by atoms with Crippen LogP contribution in [0.25, 0.3) is 0 Å². The van der Waals surface area contributed by atoms with Crippen LogP contribution in [0.4, 0.5) is 0 Å². The van der Waals surface area contributed by atoms with Gasteiger partial charge < -0.3 is 9.47 Å². The van der Waals surface area contributed by atoms with Crippen LogP contribution in [0.2, 0.25) is 0 Å². The molecule has 30 heavy (non-hydrogen) atoms. The van der Waals surface area contributed by atoms with Crippen LogP contribution in [0, 0.1) is 28.6 Å². The summed E-state index contributed by atoms with van der Waals surface area (Å²) in [6, 6.07) is 0. The average Bonchev–Trinajstić information content (AvgIpc) is 3.03. The number of fused-ring (bicyclic) bond motifs is 5. The standard InChI is InChI=1S/C25H34O5/c1-15(26)29-14-23(28)22-8-7-20-19-6-5-17-13-18(30-16(2)27)9-11-24(17,3)21(19)10-12-25(20,22)4/h5,8,18-21H,6-7,9-14H2,1-4H3/t18-,19-,20-,21-,24-,25-/m0/s1. The lowest BCUT2D eigenvalue weighted by molar-refractivity contribution is -0.148. The maximum atomic E-state index is 12.8. The first-order chi connectivity index (χ1) is 14.1. The summed E-state index contributed by atoms with van der Waals surface area (Å²) in [4.78, 5) is 35.3. The van der Waals surface area contributed by atoms with Crippen LogP contribution in [0.15, 0.2) is 23.3 Å². The highest BCUT2D eigenvalue weighted by molar-refractivity contribution is 5.99. The monoisotopic (exact) mass is 414 g/mol. The minimum Gasteiger partial charge on any atom is -0.462 e. The zero-order valence-corrected chi connectivity index (χ0v) is 18.7. The van der Waals surface area contributed by atoms with Crippen LogP contribution >= 0.6 is 0 Å². The molecule has 4 rings (SSSR count). The largest absolute Gasteiger partial charge is 0.462 e. The van der Waals surface area contributed by atoms with E-state index in [1.54, 1.807) is 0 Å². The lowest BCUT2D eigenvalue weighted by Crippen LogP contribution is -2.50. The maximum Gasteiger partial charge on any atom is 0.303 e. The maximum absolute atomic E-state index is 12.8. The third kappa shape index (κ3) is 3.44. The van der Waals surface area contributed by atoms with E-state index in [1.165, 1.54) is 19.4 Å². The lowest BCUT2D eigenvalue weighted by Gasteiger charge is -2.57. The fourth-order valence-electron chi connectivity index (χ4n) is 7.21. The highest BCUT2D eigenvalue weighted by Gasteiger charge is 2.57. The van der Waals surface area contributed by atoms with Gasteiger partial charge in [-0.25, -0.2) is 0 Å². The third-order valence-electron chi connectivity index (χ3n) is 8.68. The van der Waals surface area contributed by atoms with Gasteiger partial charge in [0.2, 0.25) is 0 Å². The van der Waals surface area contributed by atoms with Gasteiger partial charge in [0.1, 0.15) is 6.10 Å². The molecule has 2 fully saturated rings. The Labute approximate surface area is 179 Å². The number of ketones is 1. The summed E-state index contributed by atoms with van der Waals surface area (Å²) in [5.74, 6) is 1.02. The number of carbonyl (C=O) groups is 3. The van der Waals surface area contributed by atoms with Gasteiger partial charge in [0.05, 0.1) is 0 Å². The number of ether oxygens (including phenoxy) is 2. The molecule has 5 nitrogen and oxygen atoms in total. The second-order valence-corrected chi connectivity index (χ2v) is 10.2. The summed E-state index contributed by atoms with van der Waals surface area (Å²) in [6.45, 7) is 7.36. The van der Waals surface area contributed by atoms with Gasteiger partial charge in [-0.2, -0.15) is 0 Å². The number of rotatable bonds is 4. The molecule has 0 heterocycles. The molecule has 4 aliphatic rings. The van der Waals surface area contributed by atoms with Crippen LogP contribution < -0.4 is 0 Å². The van der Waals surface area contributed by atoms with Crippen molar-refractivity contribution in [2.24, 2.45) is 28.6 Å². The van der Waals surface area contributed by atoms with Crippen molar-refractivity contribution < 1.29 is 23.9 Å². The predicted molar refractivity (Wildman–Crippen MR) is 112 cm³/mol. The van der Waals surface area contributed by atoms with E-state index in [0.29, 0.717) is 17.8 Å². The molecule has 0 unspecified atom stereocenters. The number of carbonyl (C=O) groups excluding carboxylic acids is 3. The summed E-state index contributed by atoms with van der Waals surface area (Å²) < 4.78 is 10.5. The Morgan fingerprint density at radius 2 is 1.70 bits per heavy atom. The Morgan fingerprint density at radius 1 is 0.967 bits per heavy atom. The molecule has 164 valence electrons. The molecule has 0 spiro atoms. The van der Waals surface area contributed by atoms with Crippen LogP contribution in [-0.4, -0.2) is 30.4 Å². The first kappa shape index (κ1) is 21.3. The first-order valence-electron chi connectivity index (χ1n) is 11.4. The van der Waals surface area contributed by atoms with E-state index in [2.05, 4.69) is 26.0 Å². The molecule has 6 atom stereocenters. The average molecular weight is 415 g/mol. The van der Waals surface area contributed by atoms with Gasteiger partial charge in [-0.05, 0) is 67.1 Å². The molecule has 0 aromatic heterocycles. The van der Waals surface area contributed by atoms with E-state index in [-0.39, 0.29) is 35.3 Å². The lowest BCUT2D eigenvalue weighted by atomic mass is 9.47. The number of hydrogen-bond donors (Lipinski definition) is 0. The van der Waals surface area contributed by atoms with Crippen molar-refractivity contribution in [3.05, 3.63) is 23.3 Å². The molecule has 2 saturated carbocycles. The van der Waals surface area contributed by atoms with Crippen molar-refractivity contribution in [3.63, 3.8) is 0 Å². The summed E-state index contributed by atoms with van der Waals surface area (Å²) in [7, 11) is 0. The van der Waals surface area contributed by atoms with Crippen LogP contribution in [-0.2, 0) is 23.9 Å². The molecular formula is C25H34O5. The molecular weight excluding hydrogens is 380 g/mol. The fourth-order valence-corrected chi connectivity index (χ4v) is 7.21. The third-order valence-corrected chi connectivity index (χ3v) is 8.68. The highest BCUT2D eigenvalue weighted by atomic mass is 16.5. The molecule has 0 radical (unpaired) electrons. The summed E-state index contributed by atoms with van der Waals surface area (Å²) in [6.07, 6.45) is 11.5. The summed E-state index contributed by atoms with van der Waals surface area (Å²) >= 11 is 0. The van der Waals surface area contributed by atoms with Crippen LogP contribution in [0.5, 0.6) is 0 Å². The highest BCUT2D eigenvalue weighted by Crippen LogP contribution is 2.65. The number of Topliss-reactive ketones (excluding diaryl/α,β-unsaturated/α-hetero) is 1. The van der Waals surface area contributed by atoms with Gasteiger partial charge in [-0.1, -0.05) is 31.6 Å². The second kappa shape index (κ2) is 7.65. The molecule has 0 aromatic rings. The fraction of sp³-hybridized carbons (Fsp3) is 0.720. The number of esters is 2. The Hall–Kier alpha value is -1.91. The van der Waals surface area contributed by atoms with E-state index in [0.717, 1.165) is 50.5 Å². The smallest absolute Gasteiger partial charge is 0.303 e. The minimum atomic E-state index is -0.408. The topological polar surface area (TPSA) is 69.7 Å². The van der Waals surface area contributed by atoms with Crippen LogP contribution in [0.3, 0.4) is 0 Å². The van der Waals surface area contributed by atoms with Crippen LogP contribution in [0.1, 0.15) is 72.6 Å². The molecule has 0 aromatic carbocycles. The summed E-state index contributed by atoms with van der Waals surface area (Å²) in [5.41, 5.74) is 2.41. The zero-order valence-electron chi connectivity index (χ0n) is 18.7. The Kier molecular flexibility index (Phi) is 5.44. The molecule has 0 saturated heterocycles. The van der Waals surface area contributed by atoms with Gasteiger partial charge in [-0.15, -0.1) is 0 Å². The van der Waals surface area contributed by atoms with E-state index >= 15 is 0 Å². The van der Waals surface area contributed by atoms with Crippen molar-refractivity contribution in [2.75, 3.05) is 6.61 Å². The van der Waals surface area contributed by atoms with Crippen molar-refractivity contribution in [1.82, 2.24) is 0 Å². The Morgan fingerprint density at radius 3 is 2.40 bits per heavy atom. The number of hydrogen-bond acceptors (Lipinski definition) is 5. The van der Waals surface area contributed by atoms with Crippen molar-refractivity contribution in [2.45, 2.75) is 78.7 Å². The predicted octanol–water partition coefficient (Wildman–Crippen LogP) is 4.55. The molecule has 0 aliphatic heterocycles. The molecule has 0 amide bonds. The van der Waals surface area contributed by atoms with Gasteiger partial charge in [0, 0.05) is 25.8 Å². The number of allylic oxidation sites excluding steroid dienone is 2. The summed E-state index contributed by atoms with van der Waals surface area (Å²) in [5, 5.41) is 0. The second-order valence-electron chi connectivity index (χ2n) is 10.2. The normalized spacial score (nSPS) is 39.6. The van der Waals surface area contributed by atoms with E-state index < -0.39 is 5.97 Å². The SMILES string of the molecule is CC(=O)OCC(=O)C1=CC[C@H]2[C@@H]3CC=C4C[C@@H](OC(C)=O)CC[C@]4(C)[C@H]3CC[C@]12C. The molecule has 0 N–H and O–H groups in total. The van der Waals surface area contributed by atoms with E-state index in [9.17, 15) is 14.4 Å². The zero-order chi connectivity index (χ0) is 21.7. The minimum absolute atomic E-state index is 0.0193. The first-order valence-corrected chi connectivity index (χ1v) is 11.4. The van der Waals surface area contributed by atoms with Gasteiger partial charge in [0.25, 0.3) is 0 Å². The quantitative estimate of drug-likeness (QED) is 0.499. The molecule has 4 aliphatic carbocycles. The molecule has 0 bridgehead atoms. The molecule has 5 heteroatoms. The Bertz CT molecular complexity index is 823. The van der Waals surface area contributed by atoms with Gasteiger partial charge >= 0.3 is 11.9 Å². The van der Waals surface area contributed by atoms with E-state index in [4.69, 9.17) is 9.47 Å². The Balaban J connectivity index is 1.52.